The average molecular weight is 704 g/mol. The summed E-state index contributed by atoms with van der Waals surface area (Å²) in [4.78, 5) is 62.0. The summed E-state index contributed by atoms with van der Waals surface area (Å²) >= 11 is 0. The zero-order chi connectivity index (χ0) is 35.5. The first-order valence-corrected chi connectivity index (χ1v) is 17.9. The Morgan fingerprint density at radius 2 is 1.17 bits per heavy atom. The molecular weight excluding hydrogens is 659 g/mol. The van der Waals surface area contributed by atoms with Gasteiger partial charge in [-0.15, -0.1) is 0 Å². The Bertz CT molecular complexity index is 1410. The highest BCUT2D eigenvalue weighted by molar-refractivity contribution is 8.76. The minimum absolute atomic E-state index is 0.0664. The number of amides is 5. The van der Waals surface area contributed by atoms with E-state index in [9.17, 15) is 24.0 Å². The van der Waals surface area contributed by atoms with E-state index in [2.05, 4.69) is 33.4 Å². The SMILES string of the molecule is CC(C)(C)OC(=O)N[C@@H](CSSC[C@H](NC(=O)OC(C)(C)C)C(=O)NCCNC(=O)OCC1c2ccccc2-c2ccccc21)C(N)=O. The standard InChI is InChI=1S/C33H45N5O8S2/c1-32(2,3)45-30(42)37-25(27(34)39)18-47-48-19-26(38-31(43)46-33(4,5)6)28(40)35-15-16-36-29(41)44-17-24-22-13-9-7-11-20(22)21-12-8-10-14-23(21)24/h7-14,24-26H,15-19H2,1-6H3,(H2,34,39)(H,35,40)(H,36,41)(H,37,42)(H,38,43)/t25-,26-/m0/s1. The van der Waals surface area contributed by atoms with E-state index in [0.29, 0.717) is 0 Å². The molecule has 0 fully saturated rings. The van der Waals surface area contributed by atoms with Crippen LogP contribution < -0.4 is 27.0 Å². The van der Waals surface area contributed by atoms with Gasteiger partial charge in [-0.25, -0.2) is 14.4 Å². The summed E-state index contributed by atoms with van der Waals surface area (Å²) in [6.45, 7) is 10.5. The Balaban J connectivity index is 1.47. The molecular formula is C33H45N5O8S2. The predicted octanol–water partition coefficient (Wildman–Crippen LogP) is 4.29. The second kappa shape index (κ2) is 17.3. The molecule has 0 bridgehead atoms. The van der Waals surface area contributed by atoms with Crippen molar-refractivity contribution in [1.29, 1.82) is 0 Å². The van der Waals surface area contributed by atoms with Gasteiger partial charge in [-0.05, 0) is 63.8 Å². The van der Waals surface area contributed by atoms with Gasteiger partial charge < -0.3 is 41.2 Å². The number of alkyl carbamates (subject to hydrolysis) is 3. The lowest BCUT2D eigenvalue weighted by molar-refractivity contribution is -0.122. The Morgan fingerprint density at radius 1 is 0.708 bits per heavy atom. The maximum Gasteiger partial charge on any atom is 0.408 e. The first kappa shape index (κ1) is 38.3. The summed E-state index contributed by atoms with van der Waals surface area (Å²) in [7, 11) is 2.36. The minimum Gasteiger partial charge on any atom is -0.449 e. The number of benzene rings is 2. The van der Waals surface area contributed by atoms with Gasteiger partial charge in [0.25, 0.3) is 0 Å². The van der Waals surface area contributed by atoms with Crippen molar-refractivity contribution in [3.05, 3.63) is 59.7 Å². The first-order chi connectivity index (χ1) is 22.5. The molecule has 0 radical (unpaired) electrons. The van der Waals surface area contributed by atoms with Gasteiger partial charge >= 0.3 is 18.3 Å². The van der Waals surface area contributed by atoms with Gasteiger partial charge in [0.2, 0.25) is 11.8 Å². The van der Waals surface area contributed by atoms with Gasteiger partial charge in [-0.3, -0.25) is 9.59 Å². The number of primary amides is 1. The number of hydrogen-bond acceptors (Lipinski definition) is 10. The van der Waals surface area contributed by atoms with Gasteiger partial charge in [-0.2, -0.15) is 0 Å². The molecule has 0 saturated heterocycles. The summed E-state index contributed by atoms with van der Waals surface area (Å²) in [5, 5.41) is 10.3. The van der Waals surface area contributed by atoms with Crippen LogP contribution in [0.15, 0.2) is 48.5 Å². The van der Waals surface area contributed by atoms with E-state index < -0.39 is 53.4 Å². The number of nitrogens with one attached hydrogen (secondary N) is 4. The maximum atomic E-state index is 13.0. The van der Waals surface area contributed by atoms with Crippen molar-refractivity contribution in [2.75, 3.05) is 31.2 Å². The van der Waals surface area contributed by atoms with Crippen LogP contribution in [0.3, 0.4) is 0 Å². The van der Waals surface area contributed by atoms with Gasteiger partial charge in [0.1, 0.15) is 29.9 Å². The number of hydrogen-bond donors (Lipinski definition) is 5. The molecule has 48 heavy (non-hydrogen) atoms. The molecule has 0 saturated carbocycles. The van der Waals surface area contributed by atoms with Gasteiger partial charge in [0, 0.05) is 30.5 Å². The molecule has 1 aliphatic rings. The van der Waals surface area contributed by atoms with Crippen LogP contribution in [0.5, 0.6) is 0 Å². The molecule has 1 aliphatic carbocycles. The number of fused-ring (bicyclic) bond motifs is 3. The fourth-order valence-corrected chi connectivity index (χ4v) is 6.97. The summed E-state index contributed by atoms with van der Waals surface area (Å²) in [6.07, 6.45) is -2.19. The lowest BCUT2D eigenvalue weighted by atomic mass is 9.98. The van der Waals surface area contributed by atoms with Crippen LogP contribution in [0.25, 0.3) is 11.1 Å². The lowest BCUT2D eigenvalue weighted by Gasteiger charge is -2.23. The Hall–Kier alpha value is -4.11. The number of nitrogens with two attached hydrogens (primary N) is 1. The molecule has 5 amide bonds. The number of carbonyl (C=O) groups excluding carboxylic acids is 5. The first-order valence-electron chi connectivity index (χ1n) is 15.4. The van der Waals surface area contributed by atoms with Crippen LogP contribution >= 0.6 is 21.6 Å². The summed E-state index contributed by atoms with van der Waals surface area (Å²) in [6, 6.07) is 14.0. The molecule has 6 N–H and O–H groups in total. The van der Waals surface area contributed by atoms with Crippen LogP contribution in [0.2, 0.25) is 0 Å². The smallest absolute Gasteiger partial charge is 0.408 e. The summed E-state index contributed by atoms with van der Waals surface area (Å²) in [5.74, 6) is -1.16. The van der Waals surface area contributed by atoms with E-state index in [-0.39, 0.29) is 37.1 Å². The van der Waals surface area contributed by atoms with Crippen molar-refractivity contribution in [3.63, 3.8) is 0 Å². The predicted molar refractivity (Wildman–Crippen MR) is 187 cm³/mol. The zero-order valence-corrected chi connectivity index (χ0v) is 29.7. The molecule has 0 heterocycles. The second-order valence-corrected chi connectivity index (χ2v) is 15.5. The third-order valence-corrected chi connectivity index (χ3v) is 9.05. The third kappa shape index (κ3) is 12.5. The number of ether oxygens (including phenoxy) is 3. The maximum absolute atomic E-state index is 13.0. The zero-order valence-electron chi connectivity index (χ0n) is 28.0. The highest BCUT2D eigenvalue weighted by Gasteiger charge is 2.29. The molecule has 2 atom stereocenters. The largest absolute Gasteiger partial charge is 0.449 e. The second-order valence-electron chi connectivity index (χ2n) is 12.9. The van der Waals surface area contributed by atoms with E-state index in [1.165, 1.54) is 21.6 Å². The molecule has 3 rings (SSSR count). The molecule has 0 unspecified atom stereocenters. The highest BCUT2D eigenvalue weighted by atomic mass is 33.1. The monoisotopic (exact) mass is 703 g/mol. The highest BCUT2D eigenvalue weighted by Crippen LogP contribution is 2.44. The van der Waals surface area contributed by atoms with E-state index in [1.807, 2.05) is 36.4 Å². The molecule has 13 nitrogen and oxygen atoms in total. The van der Waals surface area contributed by atoms with Gasteiger partial charge in [-0.1, -0.05) is 70.1 Å². The van der Waals surface area contributed by atoms with Crippen LogP contribution in [-0.4, -0.2) is 84.6 Å². The average Bonchev–Trinajstić information content (AvgIpc) is 3.30. The Kier molecular flexibility index (Phi) is 13.8. The van der Waals surface area contributed by atoms with E-state index in [0.717, 1.165) is 22.3 Å². The third-order valence-electron chi connectivity index (χ3n) is 6.63. The van der Waals surface area contributed by atoms with E-state index in [1.54, 1.807) is 41.5 Å². The molecule has 262 valence electrons. The topological polar surface area (TPSA) is 187 Å². The van der Waals surface area contributed by atoms with Crippen molar-refractivity contribution >= 4 is 51.7 Å². The Labute approximate surface area is 288 Å². The normalized spacial score (nSPS) is 13.6. The molecule has 15 heteroatoms. The lowest BCUT2D eigenvalue weighted by Crippen LogP contribution is -2.50. The van der Waals surface area contributed by atoms with Gasteiger partial charge in [0.15, 0.2) is 0 Å². The van der Waals surface area contributed by atoms with E-state index in [4.69, 9.17) is 19.9 Å². The van der Waals surface area contributed by atoms with Crippen molar-refractivity contribution < 1.29 is 38.2 Å². The van der Waals surface area contributed by atoms with Crippen molar-refractivity contribution in [3.8, 4) is 11.1 Å². The summed E-state index contributed by atoms with van der Waals surface area (Å²) in [5.41, 5.74) is 8.34. The minimum atomic E-state index is -1.02. The van der Waals surface area contributed by atoms with Gasteiger partial charge in [0.05, 0.1) is 0 Å². The molecule has 0 aliphatic heterocycles. The number of carbonyl (C=O) groups is 5. The quantitative estimate of drug-likeness (QED) is 0.108. The van der Waals surface area contributed by atoms with Crippen LogP contribution in [0.1, 0.15) is 58.6 Å². The molecule has 0 aromatic heterocycles. The Morgan fingerprint density at radius 3 is 1.67 bits per heavy atom. The van der Waals surface area contributed by atoms with Crippen LogP contribution in [-0.2, 0) is 23.8 Å². The molecule has 2 aromatic rings. The van der Waals surface area contributed by atoms with E-state index >= 15 is 0 Å². The fourth-order valence-electron chi connectivity index (χ4n) is 4.63. The molecule has 2 aromatic carbocycles. The molecule has 0 spiro atoms. The van der Waals surface area contributed by atoms with Crippen molar-refractivity contribution in [2.45, 2.75) is 70.7 Å². The fraction of sp³-hybridized carbons (Fsp3) is 0.485. The number of rotatable bonds is 14. The van der Waals surface area contributed by atoms with Crippen molar-refractivity contribution in [2.24, 2.45) is 5.73 Å². The van der Waals surface area contributed by atoms with Crippen LogP contribution in [0, 0.1) is 0 Å². The van der Waals surface area contributed by atoms with Crippen molar-refractivity contribution in [1.82, 2.24) is 21.3 Å². The summed E-state index contributed by atoms with van der Waals surface area (Å²) < 4.78 is 16.0. The van der Waals surface area contributed by atoms with Crippen LogP contribution in [0.4, 0.5) is 14.4 Å².